The summed E-state index contributed by atoms with van der Waals surface area (Å²) in [7, 11) is 0. The Labute approximate surface area is 199 Å². The van der Waals surface area contributed by atoms with Crippen LogP contribution in [0.3, 0.4) is 0 Å². The van der Waals surface area contributed by atoms with E-state index in [1.807, 2.05) is 59.3 Å². The molecule has 0 amide bonds. The molecular weight excluding hydrogens is 424 g/mol. The van der Waals surface area contributed by atoms with E-state index in [9.17, 15) is 0 Å². The molecule has 0 unspecified atom stereocenters. The van der Waals surface area contributed by atoms with Gasteiger partial charge in [0.25, 0.3) is 0 Å². The molecule has 0 radical (unpaired) electrons. The number of nitrogen functional groups attached to an aromatic ring is 1. The number of hydrogen-bond acceptors (Lipinski definition) is 6. The van der Waals surface area contributed by atoms with Crippen LogP contribution in [0.25, 0.3) is 22.3 Å². The number of anilines is 1. The van der Waals surface area contributed by atoms with E-state index in [4.69, 9.17) is 15.6 Å². The molecule has 7 nitrogen and oxygen atoms in total. The molecule has 0 aliphatic heterocycles. The maximum Gasteiger partial charge on any atom is 0.164 e. The van der Waals surface area contributed by atoms with Crippen LogP contribution in [-0.2, 0) is 0 Å². The maximum absolute atomic E-state index is 6.30. The topological polar surface area (TPSA) is 90.9 Å². The highest BCUT2D eigenvalue weighted by molar-refractivity contribution is 5.98. The predicted octanol–water partition coefficient (Wildman–Crippen LogP) is 5.64. The van der Waals surface area contributed by atoms with Crippen molar-refractivity contribution in [1.29, 1.82) is 0 Å². The lowest BCUT2D eigenvalue weighted by Crippen LogP contribution is -2.32. The van der Waals surface area contributed by atoms with Crippen LogP contribution in [0.4, 0.5) is 5.82 Å². The zero-order valence-electron chi connectivity index (χ0n) is 19.0. The smallest absolute Gasteiger partial charge is 0.164 e. The van der Waals surface area contributed by atoms with Gasteiger partial charge >= 0.3 is 0 Å². The van der Waals surface area contributed by atoms with Crippen LogP contribution in [0.1, 0.15) is 31.7 Å². The molecule has 1 aliphatic carbocycles. The minimum atomic E-state index is 0.251. The summed E-state index contributed by atoms with van der Waals surface area (Å²) in [5.41, 5.74) is 9.69. The predicted molar refractivity (Wildman–Crippen MR) is 135 cm³/mol. The van der Waals surface area contributed by atoms with E-state index in [0.717, 1.165) is 65.2 Å². The van der Waals surface area contributed by atoms with Crippen LogP contribution in [0, 0.1) is 0 Å². The van der Waals surface area contributed by atoms with Gasteiger partial charge < -0.3 is 15.8 Å². The van der Waals surface area contributed by atoms with Gasteiger partial charge in [-0.15, -0.1) is 0 Å². The van der Waals surface area contributed by atoms with Gasteiger partial charge in [-0.3, -0.25) is 0 Å². The van der Waals surface area contributed by atoms with Crippen LogP contribution >= 0.6 is 0 Å². The SMILES string of the molecule is C=CC(=C)N[C@H]1CC[C@@H](n2nc(-c3ccc(Oc4ccccc4)cc3)c3c(N)ncnc32)CC1. The minimum Gasteiger partial charge on any atom is -0.457 e. The molecule has 34 heavy (non-hydrogen) atoms. The first-order valence-electron chi connectivity index (χ1n) is 11.5. The van der Waals surface area contributed by atoms with E-state index in [0.29, 0.717) is 11.9 Å². The van der Waals surface area contributed by atoms with Crippen molar-refractivity contribution in [3.63, 3.8) is 0 Å². The third-order valence-electron chi connectivity index (χ3n) is 6.30. The zero-order valence-corrected chi connectivity index (χ0v) is 19.0. The molecule has 5 rings (SSSR count). The lowest BCUT2D eigenvalue weighted by molar-refractivity contribution is 0.292. The first-order valence-corrected chi connectivity index (χ1v) is 11.5. The molecule has 3 N–H and O–H groups in total. The molecule has 0 bridgehead atoms. The van der Waals surface area contributed by atoms with Crippen molar-refractivity contribution >= 4 is 16.9 Å². The van der Waals surface area contributed by atoms with Crippen molar-refractivity contribution in [3.05, 3.63) is 85.9 Å². The summed E-state index contributed by atoms with van der Waals surface area (Å²) in [5.74, 6) is 1.99. The lowest BCUT2D eigenvalue weighted by Gasteiger charge is -2.30. The van der Waals surface area contributed by atoms with Crippen molar-refractivity contribution in [2.75, 3.05) is 5.73 Å². The quantitative estimate of drug-likeness (QED) is 0.353. The second kappa shape index (κ2) is 9.39. The molecule has 0 spiro atoms. The van der Waals surface area contributed by atoms with Gasteiger partial charge in [-0.05, 0) is 68.2 Å². The number of nitrogens with zero attached hydrogens (tertiary/aromatic N) is 4. The van der Waals surface area contributed by atoms with Gasteiger partial charge in [-0.1, -0.05) is 31.4 Å². The van der Waals surface area contributed by atoms with E-state index in [1.54, 1.807) is 6.08 Å². The number of para-hydroxylation sites is 1. The Kier molecular flexibility index (Phi) is 5.99. The minimum absolute atomic E-state index is 0.251. The molecule has 172 valence electrons. The molecule has 2 heterocycles. The molecule has 2 aromatic carbocycles. The van der Waals surface area contributed by atoms with E-state index in [-0.39, 0.29) is 6.04 Å². The number of aromatic nitrogens is 4. The Bertz CT molecular complexity index is 1300. The first kappa shape index (κ1) is 21.7. The monoisotopic (exact) mass is 452 g/mol. The average molecular weight is 453 g/mol. The van der Waals surface area contributed by atoms with Gasteiger partial charge in [0.15, 0.2) is 5.65 Å². The van der Waals surface area contributed by atoms with Crippen molar-refractivity contribution < 1.29 is 4.74 Å². The number of allylic oxidation sites excluding steroid dienone is 1. The number of nitrogens with one attached hydrogen (secondary N) is 1. The lowest BCUT2D eigenvalue weighted by atomic mass is 9.91. The molecule has 7 heteroatoms. The normalized spacial score (nSPS) is 17.9. The zero-order chi connectivity index (χ0) is 23.5. The third-order valence-corrected chi connectivity index (χ3v) is 6.30. The van der Waals surface area contributed by atoms with Crippen LogP contribution in [0.5, 0.6) is 11.5 Å². The highest BCUT2D eigenvalue weighted by Gasteiger charge is 2.27. The number of benzene rings is 2. The number of nitrogens with two attached hydrogens (primary N) is 1. The van der Waals surface area contributed by atoms with Gasteiger partial charge in [0.05, 0.1) is 11.4 Å². The van der Waals surface area contributed by atoms with Crippen LogP contribution < -0.4 is 15.8 Å². The fraction of sp³-hybridized carbons (Fsp3) is 0.222. The summed E-state index contributed by atoms with van der Waals surface area (Å²) < 4.78 is 7.97. The highest BCUT2D eigenvalue weighted by Crippen LogP contribution is 2.36. The molecular formula is C27H28N6O. The van der Waals surface area contributed by atoms with E-state index < -0.39 is 0 Å². The van der Waals surface area contributed by atoms with Gasteiger partial charge in [-0.2, -0.15) is 5.10 Å². The summed E-state index contributed by atoms with van der Waals surface area (Å²) in [5, 5.41) is 9.23. The average Bonchev–Trinajstić information content (AvgIpc) is 3.26. The number of fused-ring (bicyclic) bond motifs is 1. The van der Waals surface area contributed by atoms with Gasteiger partial charge in [0.2, 0.25) is 0 Å². The number of hydrogen-bond donors (Lipinski definition) is 2. The first-order chi connectivity index (χ1) is 16.6. The Morgan fingerprint density at radius 3 is 2.41 bits per heavy atom. The molecule has 1 fully saturated rings. The van der Waals surface area contributed by atoms with Crippen LogP contribution in [-0.4, -0.2) is 25.8 Å². The summed E-state index contributed by atoms with van der Waals surface area (Å²) in [6.45, 7) is 7.75. The Balaban J connectivity index is 1.42. The summed E-state index contributed by atoms with van der Waals surface area (Å²) in [6.07, 6.45) is 7.31. The molecule has 1 aliphatic rings. The summed E-state index contributed by atoms with van der Waals surface area (Å²) in [4.78, 5) is 8.80. The van der Waals surface area contributed by atoms with Gasteiger partial charge in [0, 0.05) is 17.3 Å². The molecule has 4 aromatic rings. The van der Waals surface area contributed by atoms with E-state index >= 15 is 0 Å². The second-order valence-corrected chi connectivity index (χ2v) is 8.57. The second-order valence-electron chi connectivity index (χ2n) is 8.57. The maximum atomic E-state index is 6.30. The molecule has 0 atom stereocenters. The molecule has 1 saturated carbocycles. The summed E-state index contributed by atoms with van der Waals surface area (Å²) in [6, 6.07) is 18.3. The van der Waals surface area contributed by atoms with Gasteiger partial charge in [0.1, 0.15) is 29.3 Å². The van der Waals surface area contributed by atoms with Crippen LogP contribution in [0.15, 0.2) is 85.9 Å². The Morgan fingerprint density at radius 1 is 1.00 bits per heavy atom. The Hall–Kier alpha value is -4.13. The fourth-order valence-corrected chi connectivity index (χ4v) is 4.54. The standard InChI is InChI=1S/C27H28N6O/c1-3-18(2)31-20-11-13-21(14-12-20)33-27-24(26(28)29-17-30-27)25(32-33)19-9-15-23(16-10-19)34-22-7-5-4-6-8-22/h3-10,15-17,20-21,31H,1-2,11-14H2,(H2,28,29,30)/t20-,21+. The number of rotatable bonds is 7. The highest BCUT2D eigenvalue weighted by atomic mass is 16.5. The van der Waals surface area contributed by atoms with E-state index in [2.05, 4.69) is 28.4 Å². The van der Waals surface area contributed by atoms with Gasteiger partial charge in [-0.25, -0.2) is 14.6 Å². The summed E-state index contributed by atoms with van der Waals surface area (Å²) >= 11 is 0. The van der Waals surface area contributed by atoms with Crippen molar-refractivity contribution in [1.82, 2.24) is 25.1 Å². The van der Waals surface area contributed by atoms with Crippen molar-refractivity contribution in [3.8, 4) is 22.8 Å². The van der Waals surface area contributed by atoms with Crippen LogP contribution in [0.2, 0.25) is 0 Å². The third kappa shape index (κ3) is 4.37. The molecule has 0 saturated heterocycles. The number of ether oxygens (including phenoxy) is 1. The fourth-order valence-electron chi connectivity index (χ4n) is 4.54. The van der Waals surface area contributed by atoms with E-state index in [1.165, 1.54) is 6.33 Å². The largest absolute Gasteiger partial charge is 0.457 e. The van der Waals surface area contributed by atoms with Crippen molar-refractivity contribution in [2.24, 2.45) is 0 Å². The molecule has 2 aromatic heterocycles. The Morgan fingerprint density at radius 2 is 1.71 bits per heavy atom. The van der Waals surface area contributed by atoms with Crippen molar-refractivity contribution in [2.45, 2.75) is 37.8 Å².